The summed E-state index contributed by atoms with van der Waals surface area (Å²) >= 11 is 0. The van der Waals surface area contributed by atoms with Gasteiger partial charge in [-0.3, -0.25) is 32.5 Å². The molecule has 0 spiro atoms. The molecule has 4 N–H and O–H groups in total. The molecule has 0 aliphatic rings. The van der Waals surface area contributed by atoms with Gasteiger partial charge in [-0.25, -0.2) is 9.13 Å². The molecule has 0 aromatic carbocycles. The molecule has 0 amide bonds. The SMILES string of the molecule is CC/C=C\C/C=C\C/C=C\C/C=C\C/C=C\C/C=C\CCCCCCCCCCCCCCC(=O)OCC(O)COP(=O)(O)OCC(O)COP(=O)(O)OCC(COC(=O)CCC/C=C\C/C=C\C/C=C\C/C=C\C/C=C\CC)OC(=O)CCCCCCC/C=C\CCCC. The molecule has 0 aliphatic carbocycles. The van der Waals surface area contributed by atoms with Crippen LogP contribution < -0.4 is 0 Å². The minimum atomic E-state index is -4.94. The standard InChI is InChI=1S/C77H128O16P2/c1-4-7-10-13-16-19-22-24-26-28-29-30-31-32-33-34-35-36-37-38-39-40-41-43-45-46-49-51-54-57-60-63-75(80)87-66-72(78)67-89-94(83,84)90-68-73(79)69-91-95(85,86)92-71-74(93-77(82)65-62-59-56-53-48-21-18-15-12-9-6-3)70-88-76(81)64-61-58-55-52-50-47-44-42-27-25-23-20-17-14-11-8-5-2/h7-8,10-11,15-20,24-27,29-30,32-33,35-36,44,47,52,55,72-74,78-79H,4-6,9,12-14,21-23,28,31,34,37-43,45-46,48-51,53-54,56-71H2,1-3H3,(H,83,84)(H,85,86)/b10-7-,11-8-,18-15-,19-16-,20-17-,26-24-,27-25-,30-29-,33-32-,36-35-,47-44-,55-52-. The van der Waals surface area contributed by atoms with E-state index in [4.69, 9.17) is 32.3 Å². The van der Waals surface area contributed by atoms with Crippen LogP contribution in [-0.2, 0) is 55.8 Å². The average molecular weight is 1370 g/mol. The van der Waals surface area contributed by atoms with Crippen LogP contribution in [0.1, 0.15) is 265 Å². The molecule has 0 rings (SSSR count). The van der Waals surface area contributed by atoms with Crippen LogP contribution in [0, 0.1) is 0 Å². The minimum absolute atomic E-state index is 0.0785. The summed E-state index contributed by atoms with van der Waals surface area (Å²) in [6.07, 6.45) is 83.6. The molecule has 5 unspecified atom stereocenters. The Bertz CT molecular complexity index is 2310. The lowest BCUT2D eigenvalue weighted by molar-refractivity contribution is -0.161. The van der Waals surface area contributed by atoms with E-state index in [1.165, 1.54) is 64.2 Å². The number of esters is 3. The highest BCUT2D eigenvalue weighted by Crippen LogP contribution is 2.45. The van der Waals surface area contributed by atoms with E-state index in [1.54, 1.807) is 0 Å². The van der Waals surface area contributed by atoms with E-state index in [2.05, 4.69) is 154 Å². The second-order valence-corrected chi connectivity index (χ2v) is 26.5. The molecule has 0 saturated carbocycles. The van der Waals surface area contributed by atoms with Gasteiger partial charge in [0.25, 0.3) is 0 Å². The van der Waals surface area contributed by atoms with Crippen molar-refractivity contribution in [2.75, 3.05) is 39.6 Å². The van der Waals surface area contributed by atoms with Gasteiger partial charge in [0.05, 0.1) is 26.4 Å². The normalized spacial score (nSPS) is 15.0. The Morgan fingerprint density at radius 3 is 0.937 bits per heavy atom. The summed E-state index contributed by atoms with van der Waals surface area (Å²) in [5, 5.41) is 20.6. The average Bonchev–Trinajstić information content (AvgIpc) is 1.94. The molecule has 18 heteroatoms. The van der Waals surface area contributed by atoms with Gasteiger partial charge in [-0.05, 0) is 128 Å². The van der Waals surface area contributed by atoms with E-state index < -0.39 is 91.5 Å². The van der Waals surface area contributed by atoms with Crippen LogP contribution in [0.2, 0.25) is 0 Å². The Hall–Kier alpha value is -4.57. The zero-order chi connectivity index (χ0) is 69.5. The van der Waals surface area contributed by atoms with Crippen molar-refractivity contribution in [1.82, 2.24) is 0 Å². The Morgan fingerprint density at radius 1 is 0.305 bits per heavy atom. The van der Waals surface area contributed by atoms with E-state index in [-0.39, 0.29) is 19.3 Å². The van der Waals surface area contributed by atoms with E-state index in [0.29, 0.717) is 25.7 Å². The smallest absolute Gasteiger partial charge is 0.463 e. The third kappa shape index (κ3) is 70.6. The number of hydrogen-bond acceptors (Lipinski definition) is 14. The van der Waals surface area contributed by atoms with Crippen LogP contribution in [0.4, 0.5) is 0 Å². The van der Waals surface area contributed by atoms with Gasteiger partial charge < -0.3 is 34.2 Å². The molecule has 95 heavy (non-hydrogen) atoms. The lowest BCUT2D eigenvalue weighted by Crippen LogP contribution is -2.30. The number of aliphatic hydroxyl groups is 2. The number of phosphoric ester groups is 2. The zero-order valence-corrected chi connectivity index (χ0v) is 60.6. The van der Waals surface area contributed by atoms with E-state index in [9.17, 15) is 43.5 Å². The van der Waals surface area contributed by atoms with Crippen molar-refractivity contribution in [3.8, 4) is 0 Å². The molecule has 0 fully saturated rings. The first-order chi connectivity index (χ1) is 46.2. The van der Waals surface area contributed by atoms with Crippen molar-refractivity contribution in [1.29, 1.82) is 0 Å². The topological polar surface area (TPSA) is 231 Å². The number of phosphoric acid groups is 2. The van der Waals surface area contributed by atoms with Gasteiger partial charge in [-0.15, -0.1) is 0 Å². The van der Waals surface area contributed by atoms with E-state index >= 15 is 0 Å². The van der Waals surface area contributed by atoms with Crippen LogP contribution in [0.25, 0.3) is 0 Å². The maximum Gasteiger partial charge on any atom is 0.472 e. The molecule has 0 bridgehead atoms. The summed E-state index contributed by atoms with van der Waals surface area (Å²) < 4.78 is 60.8. The van der Waals surface area contributed by atoms with Crippen molar-refractivity contribution >= 4 is 33.6 Å². The summed E-state index contributed by atoms with van der Waals surface area (Å²) in [4.78, 5) is 58.3. The summed E-state index contributed by atoms with van der Waals surface area (Å²) in [7, 11) is -9.80. The highest BCUT2D eigenvalue weighted by atomic mass is 31.2. The van der Waals surface area contributed by atoms with E-state index in [0.717, 1.165) is 135 Å². The summed E-state index contributed by atoms with van der Waals surface area (Å²) in [6, 6.07) is 0. The van der Waals surface area contributed by atoms with Gasteiger partial charge in [0.15, 0.2) is 6.10 Å². The van der Waals surface area contributed by atoms with Gasteiger partial charge >= 0.3 is 33.6 Å². The number of rotatable bonds is 67. The number of carbonyl (C=O) groups is 3. The molecular formula is C77H128O16P2. The molecule has 0 heterocycles. The van der Waals surface area contributed by atoms with Gasteiger partial charge in [0.2, 0.25) is 0 Å². The lowest BCUT2D eigenvalue weighted by Gasteiger charge is -2.21. The van der Waals surface area contributed by atoms with Crippen molar-refractivity contribution in [2.45, 2.75) is 283 Å². The number of hydrogen-bond donors (Lipinski definition) is 4. The maximum absolute atomic E-state index is 12.9. The molecule has 0 radical (unpaired) electrons. The van der Waals surface area contributed by atoms with Gasteiger partial charge in [-0.2, -0.15) is 0 Å². The quantitative estimate of drug-likeness (QED) is 0.0146. The summed E-state index contributed by atoms with van der Waals surface area (Å²) in [5.41, 5.74) is 0. The third-order valence-electron chi connectivity index (χ3n) is 14.5. The van der Waals surface area contributed by atoms with Crippen LogP contribution in [0.3, 0.4) is 0 Å². The molecular weight excluding hydrogens is 1240 g/mol. The summed E-state index contributed by atoms with van der Waals surface area (Å²) in [5.74, 6) is -1.66. The highest BCUT2D eigenvalue weighted by Gasteiger charge is 2.29. The van der Waals surface area contributed by atoms with Gasteiger partial charge in [-0.1, -0.05) is 263 Å². The first-order valence-corrected chi connectivity index (χ1v) is 39.1. The van der Waals surface area contributed by atoms with Crippen molar-refractivity contribution < 1.29 is 75.8 Å². The molecule has 16 nitrogen and oxygen atoms in total. The van der Waals surface area contributed by atoms with E-state index in [1.807, 2.05) is 12.2 Å². The number of unbranched alkanes of at least 4 members (excludes halogenated alkanes) is 20. The Kier molecular flexibility index (Phi) is 66.0. The Balaban J connectivity index is 4.45. The van der Waals surface area contributed by atoms with Crippen LogP contribution in [0.15, 0.2) is 146 Å². The Morgan fingerprint density at radius 2 is 0.568 bits per heavy atom. The van der Waals surface area contributed by atoms with Gasteiger partial charge in [0.1, 0.15) is 25.4 Å². The minimum Gasteiger partial charge on any atom is -0.463 e. The van der Waals surface area contributed by atoms with Crippen LogP contribution >= 0.6 is 15.6 Å². The first-order valence-electron chi connectivity index (χ1n) is 36.1. The summed E-state index contributed by atoms with van der Waals surface area (Å²) in [6.45, 7) is 2.30. The predicted molar refractivity (Wildman–Crippen MR) is 389 cm³/mol. The van der Waals surface area contributed by atoms with Crippen molar-refractivity contribution in [2.24, 2.45) is 0 Å². The zero-order valence-electron chi connectivity index (χ0n) is 58.8. The second-order valence-electron chi connectivity index (χ2n) is 23.6. The number of allylic oxidation sites excluding steroid dienone is 24. The maximum atomic E-state index is 12.9. The highest BCUT2D eigenvalue weighted by molar-refractivity contribution is 7.47. The molecule has 0 aromatic heterocycles. The second kappa shape index (κ2) is 69.3. The fraction of sp³-hybridized carbons (Fsp3) is 0.649. The Labute approximate surface area is 575 Å². The predicted octanol–water partition coefficient (Wildman–Crippen LogP) is 20.5. The van der Waals surface area contributed by atoms with Crippen molar-refractivity contribution in [3.05, 3.63) is 146 Å². The molecule has 0 saturated heterocycles. The molecule has 0 aliphatic heterocycles. The largest absolute Gasteiger partial charge is 0.472 e. The van der Waals surface area contributed by atoms with Crippen molar-refractivity contribution in [3.63, 3.8) is 0 Å². The van der Waals surface area contributed by atoms with Gasteiger partial charge in [0, 0.05) is 19.3 Å². The van der Waals surface area contributed by atoms with Crippen LogP contribution in [0.5, 0.6) is 0 Å². The fourth-order valence-electron chi connectivity index (χ4n) is 9.06. The monoisotopic (exact) mass is 1370 g/mol. The fourth-order valence-corrected chi connectivity index (χ4v) is 10.6. The first kappa shape index (κ1) is 90.4. The molecule has 542 valence electrons. The lowest BCUT2D eigenvalue weighted by atomic mass is 10.0. The number of ether oxygens (including phenoxy) is 3. The number of carbonyl (C=O) groups excluding carboxylic acids is 3. The molecule has 0 aromatic rings. The number of aliphatic hydroxyl groups excluding tert-OH is 2. The molecule has 5 atom stereocenters. The third-order valence-corrected chi connectivity index (χ3v) is 16.4. The van der Waals surface area contributed by atoms with Crippen LogP contribution in [-0.4, -0.2) is 95.9 Å².